The fraction of sp³-hybridized carbons (Fsp3) is 0.667. The molecular formula is C18H28BrNO. The molecule has 1 aromatic carbocycles. The highest BCUT2D eigenvalue weighted by Gasteiger charge is 2.27. The van der Waals surface area contributed by atoms with Gasteiger partial charge in [-0.15, -0.1) is 0 Å². The quantitative estimate of drug-likeness (QED) is 0.793. The van der Waals surface area contributed by atoms with E-state index < -0.39 is 6.10 Å². The number of rotatable bonds is 2. The fourth-order valence-electron chi connectivity index (χ4n) is 3.27. The number of halogens is 1. The van der Waals surface area contributed by atoms with Crippen molar-refractivity contribution in [1.29, 1.82) is 0 Å². The predicted octanol–water partition coefficient (Wildman–Crippen LogP) is 5.16. The van der Waals surface area contributed by atoms with Crippen molar-refractivity contribution >= 4 is 21.6 Å². The van der Waals surface area contributed by atoms with E-state index in [-0.39, 0.29) is 0 Å². The summed E-state index contributed by atoms with van der Waals surface area (Å²) in [7, 11) is 0. The number of nitrogens with zero attached hydrogens (tertiary/aromatic N) is 1. The Morgan fingerprint density at radius 2 is 1.95 bits per heavy atom. The van der Waals surface area contributed by atoms with Gasteiger partial charge < -0.3 is 10.0 Å². The number of hydrogen-bond acceptors (Lipinski definition) is 2. The molecular weight excluding hydrogens is 326 g/mol. The maximum atomic E-state index is 9.73. The molecule has 1 saturated heterocycles. The minimum absolute atomic E-state index is 0.409. The van der Waals surface area contributed by atoms with Gasteiger partial charge in [0.25, 0.3) is 0 Å². The van der Waals surface area contributed by atoms with Gasteiger partial charge in [0, 0.05) is 23.2 Å². The van der Waals surface area contributed by atoms with Crippen LogP contribution in [0, 0.1) is 11.3 Å². The zero-order chi connectivity index (χ0) is 15.6. The van der Waals surface area contributed by atoms with Crippen LogP contribution < -0.4 is 4.90 Å². The molecule has 1 aliphatic heterocycles. The van der Waals surface area contributed by atoms with E-state index >= 15 is 0 Å². The lowest BCUT2D eigenvalue weighted by Crippen LogP contribution is -2.26. The van der Waals surface area contributed by atoms with E-state index in [1.54, 1.807) is 6.92 Å². The lowest BCUT2D eigenvalue weighted by Gasteiger charge is -2.30. The van der Waals surface area contributed by atoms with Gasteiger partial charge in [-0.25, -0.2) is 0 Å². The van der Waals surface area contributed by atoms with Gasteiger partial charge in [-0.1, -0.05) is 42.8 Å². The second-order valence-corrected chi connectivity index (χ2v) is 8.22. The Labute approximate surface area is 137 Å². The van der Waals surface area contributed by atoms with Crippen LogP contribution in [-0.2, 0) is 0 Å². The Hall–Kier alpha value is -0.540. The highest BCUT2D eigenvalue weighted by atomic mass is 79.9. The summed E-state index contributed by atoms with van der Waals surface area (Å²) >= 11 is 3.59. The Kier molecular flexibility index (Phi) is 5.37. The summed E-state index contributed by atoms with van der Waals surface area (Å²) in [5, 5.41) is 9.73. The molecule has 0 amide bonds. The van der Waals surface area contributed by atoms with Crippen LogP contribution in [0.2, 0.25) is 0 Å². The number of hydrogen-bond donors (Lipinski definition) is 1. The molecule has 1 heterocycles. The average Bonchev–Trinajstić information content (AvgIpc) is 2.63. The number of aliphatic hydroxyl groups is 1. The second kappa shape index (κ2) is 6.70. The molecule has 118 valence electrons. The molecule has 3 heteroatoms. The van der Waals surface area contributed by atoms with Crippen LogP contribution in [0.4, 0.5) is 5.69 Å². The SMILES string of the molecule is C[C@H](O)c1ccc(N2CCCC(C(C)(C)C)CC2)cc1Br. The maximum absolute atomic E-state index is 9.73. The van der Waals surface area contributed by atoms with Crippen molar-refractivity contribution < 1.29 is 5.11 Å². The third-order valence-corrected chi connectivity index (χ3v) is 5.44. The minimum atomic E-state index is -0.428. The van der Waals surface area contributed by atoms with Crippen molar-refractivity contribution in [2.45, 2.75) is 53.1 Å². The maximum Gasteiger partial charge on any atom is 0.0772 e. The zero-order valence-electron chi connectivity index (χ0n) is 13.7. The molecule has 1 fully saturated rings. The molecule has 0 bridgehead atoms. The van der Waals surface area contributed by atoms with Crippen molar-refractivity contribution in [3.8, 4) is 0 Å². The zero-order valence-corrected chi connectivity index (χ0v) is 15.3. The van der Waals surface area contributed by atoms with Gasteiger partial charge in [0.15, 0.2) is 0 Å². The first-order valence-electron chi connectivity index (χ1n) is 8.01. The summed E-state index contributed by atoms with van der Waals surface area (Å²) in [6.07, 6.45) is 3.42. The van der Waals surface area contributed by atoms with Crippen molar-refractivity contribution in [2.24, 2.45) is 11.3 Å². The molecule has 0 saturated carbocycles. The Morgan fingerprint density at radius 1 is 1.24 bits per heavy atom. The van der Waals surface area contributed by atoms with E-state index in [0.717, 1.165) is 29.0 Å². The average molecular weight is 354 g/mol. The van der Waals surface area contributed by atoms with E-state index in [1.165, 1.54) is 24.9 Å². The normalized spacial score (nSPS) is 22.0. The Morgan fingerprint density at radius 3 is 2.52 bits per heavy atom. The lowest BCUT2D eigenvalue weighted by atomic mass is 9.77. The third kappa shape index (κ3) is 4.23. The van der Waals surface area contributed by atoms with E-state index in [0.29, 0.717) is 5.41 Å². The van der Waals surface area contributed by atoms with E-state index in [2.05, 4.69) is 53.7 Å². The van der Waals surface area contributed by atoms with Crippen LogP contribution in [0.5, 0.6) is 0 Å². The summed E-state index contributed by atoms with van der Waals surface area (Å²) in [6.45, 7) is 11.2. The van der Waals surface area contributed by atoms with Crippen molar-refractivity contribution in [2.75, 3.05) is 18.0 Å². The number of anilines is 1. The highest BCUT2D eigenvalue weighted by molar-refractivity contribution is 9.10. The summed E-state index contributed by atoms with van der Waals surface area (Å²) in [5.41, 5.74) is 2.63. The molecule has 0 aliphatic carbocycles. The van der Waals surface area contributed by atoms with Crippen LogP contribution in [0.15, 0.2) is 22.7 Å². The van der Waals surface area contributed by atoms with Gasteiger partial charge in [-0.05, 0) is 55.2 Å². The second-order valence-electron chi connectivity index (χ2n) is 7.36. The smallest absolute Gasteiger partial charge is 0.0772 e. The van der Waals surface area contributed by atoms with Crippen molar-refractivity contribution in [3.63, 3.8) is 0 Å². The molecule has 0 aromatic heterocycles. The number of benzene rings is 1. The summed E-state index contributed by atoms with van der Waals surface area (Å²) in [4.78, 5) is 2.49. The van der Waals surface area contributed by atoms with Crippen LogP contribution in [0.25, 0.3) is 0 Å². The van der Waals surface area contributed by atoms with Crippen LogP contribution in [0.1, 0.15) is 58.6 Å². The summed E-state index contributed by atoms with van der Waals surface area (Å²) in [6, 6.07) is 6.33. The van der Waals surface area contributed by atoms with Crippen molar-refractivity contribution in [3.05, 3.63) is 28.2 Å². The third-order valence-electron chi connectivity index (χ3n) is 4.75. The van der Waals surface area contributed by atoms with Crippen LogP contribution in [-0.4, -0.2) is 18.2 Å². The highest BCUT2D eigenvalue weighted by Crippen LogP contribution is 2.36. The predicted molar refractivity (Wildman–Crippen MR) is 93.8 cm³/mol. The minimum Gasteiger partial charge on any atom is -0.389 e. The largest absolute Gasteiger partial charge is 0.389 e. The molecule has 0 radical (unpaired) electrons. The fourth-order valence-corrected chi connectivity index (χ4v) is 3.97. The van der Waals surface area contributed by atoms with E-state index in [4.69, 9.17) is 0 Å². The Bertz CT molecular complexity index is 479. The first-order chi connectivity index (χ1) is 9.79. The van der Waals surface area contributed by atoms with Gasteiger partial charge in [0.1, 0.15) is 0 Å². The molecule has 1 N–H and O–H groups in total. The molecule has 0 spiro atoms. The molecule has 1 aromatic rings. The van der Waals surface area contributed by atoms with E-state index in [1.807, 2.05) is 6.07 Å². The topological polar surface area (TPSA) is 23.5 Å². The van der Waals surface area contributed by atoms with Gasteiger partial charge >= 0.3 is 0 Å². The first kappa shape index (κ1) is 16.8. The molecule has 2 rings (SSSR count). The first-order valence-corrected chi connectivity index (χ1v) is 8.81. The van der Waals surface area contributed by atoms with Crippen LogP contribution >= 0.6 is 15.9 Å². The van der Waals surface area contributed by atoms with Gasteiger partial charge in [0.2, 0.25) is 0 Å². The summed E-state index contributed by atoms with van der Waals surface area (Å²) < 4.78 is 1.01. The Balaban J connectivity index is 2.11. The standard InChI is InChI=1S/C18H28BrNO/c1-13(21)16-8-7-15(12-17(16)19)20-10-5-6-14(9-11-20)18(2,3)4/h7-8,12-14,21H,5-6,9-11H2,1-4H3/t13-,14?/m0/s1. The molecule has 21 heavy (non-hydrogen) atoms. The van der Waals surface area contributed by atoms with Gasteiger partial charge in [0.05, 0.1) is 6.10 Å². The monoisotopic (exact) mass is 353 g/mol. The molecule has 2 atom stereocenters. The van der Waals surface area contributed by atoms with Gasteiger partial charge in [-0.3, -0.25) is 0 Å². The van der Waals surface area contributed by atoms with E-state index in [9.17, 15) is 5.11 Å². The number of aliphatic hydroxyl groups excluding tert-OH is 1. The van der Waals surface area contributed by atoms with Gasteiger partial charge in [-0.2, -0.15) is 0 Å². The molecule has 1 aliphatic rings. The lowest BCUT2D eigenvalue weighted by molar-refractivity contribution is 0.198. The molecule has 1 unspecified atom stereocenters. The molecule has 2 nitrogen and oxygen atoms in total. The van der Waals surface area contributed by atoms with Crippen LogP contribution in [0.3, 0.4) is 0 Å². The summed E-state index contributed by atoms with van der Waals surface area (Å²) in [5.74, 6) is 0.808. The van der Waals surface area contributed by atoms with Crippen molar-refractivity contribution in [1.82, 2.24) is 0 Å².